The summed E-state index contributed by atoms with van der Waals surface area (Å²) in [5.74, 6) is 0.192. The zero-order valence-electron chi connectivity index (χ0n) is 8.05. The largest absolute Gasteiger partial charge is 0.508 e. The van der Waals surface area contributed by atoms with E-state index < -0.39 is 0 Å². The molecule has 0 atom stereocenters. The second-order valence-corrected chi connectivity index (χ2v) is 3.06. The maximum absolute atomic E-state index is 9.13. The van der Waals surface area contributed by atoms with Crippen molar-refractivity contribution in [1.29, 1.82) is 5.26 Å². The lowest BCUT2D eigenvalue weighted by molar-refractivity contribution is 0.475. The van der Waals surface area contributed by atoms with Gasteiger partial charge in [0.15, 0.2) is 5.69 Å². The summed E-state index contributed by atoms with van der Waals surface area (Å²) < 4.78 is 1.55. The minimum Gasteiger partial charge on any atom is -0.508 e. The van der Waals surface area contributed by atoms with Gasteiger partial charge in [-0.25, -0.2) is 4.68 Å². The second-order valence-electron chi connectivity index (χ2n) is 3.06. The van der Waals surface area contributed by atoms with E-state index in [1.807, 2.05) is 6.07 Å². The Balaban J connectivity index is 2.51. The molecule has 0 saturated heterocycles. The zero-order chi connectivity index (χ0) is 10.8. The maximum Gasteiger partial charge on any atom is 0.186 e. The Morgan fingerprint density at radius 2 is 2.00 bits per heavy atom. The lowest BCUT2D eigenvalue weighted by atomic mass is 10.3. The Labute approximate surface area is 86.2 Å². The van der Waals surface area contributed by atoms with Crippen LogP contribution in [0.4, 0.5) is 0 Å². The molecule has 1 N–H and O–H groups in total. The number of nitrogens with zero attached hydrogens (tertiary/aromatic N) is 4. The molecule has 15 heavy (non-hydrogen) atoms. The van der Waals surface area contributed by atoms with Crippen molar-refractivity contribution in [3.8, 4) is 17.5 Å². The van der Waals surface area contributed by atoms with Crippen LogP contribution in [-0.2, 0) is 0 Å². The summed E-state index contributed by atoms with van der Waals surface area (Å²) in [6.07, 6.45) is 0. The first-order chi connectivity index (χ1) is 7.22. The first kappa shape index (κ1) is 9.21. The van der Waals surface area contributed by atoms with Crippen LogP contribution in [-0.4, -0.2) is 20.1 Å². The number of phenols is 1. The molecule has 5 heteroatoms. The van der Waals surface area contributed by atoms with Gasteiger partial charge in [0.25, 0.3) is 0 Å². The Hall–Kier alpha value is -2.35. The molecule has 0 aliphatic rings. The average molecular weight is 200 g/mol. The highest BCUT2D eigenvalue weighted by Gasteiger charge is 2.08. The molecule has 0 aliphatic carbocycles. The minimum absolute atomic E-state index is 0.192. The van der Waals surface area contributed by atoms with Gasteiger partial charge in [-0.2, -0.15) is 5.26 Å². The van der Waals surface area contributed by atoms with Gasteiger partial charge in [-0.15, -0.1) is 5.10 Å². The van der Waals surface area contributed by atoms with E-state index in [1.165, 1.54) is 0 Å². The molecule has 0 aliphatic heterocycles. The highest BCUT2D eigenvalue weighted by atomic mass is 16.3. The summed E-state index contributed by atoms with van der Waals surface area (Å²) in [7, 11) is 0. The van der Waals surface area contributed by atoms with Crippen LogP contribution < -0.4 is 0 Å². The van der Waals surface area contributed by atoms with E-state index in [1.54, 1.807) is 35.9 Å². The lowest BCUT2D eigenvalue weighted by Gasteiger charge is -2.02. The molecule has 0 radical (unpaired) electrons. The molecular formula is C10H8N4O. The summed E-state index contributed by atoms with van der Waals surface area (Å²) in [5.41, 5.74) is 1.76. The normalized spacial score (nSPS) is 9.87. The van der Waals surface area contributed by atoms with Crippen LogP contribution in [0.5, 0.6) is 5.75 Å². The van der Waals surface area contributed by atoms with Crippen molar-refractivity contribution in [1.82, 2.24) is 15.0 Å². The van der Waals surface area contributed by atoms with Gasteiger partial charge in [0, 0.05) is 0 Å². The topological polar surface area (TPSA) is 74.7 Å². The second kappa shape index (κ2) is 3.42. The SMILES string of the molecule is Cc1c(C#N)nnn1-c1ccc(O)cc1. The molecule has 0 saturated carbocycles. The molecule has 0 unspecified atom stereocenters. The van der Waals surface area contributed by atoms with Crippen LogP contribution in [0.3, 0.4) is 0 Å². The number of rotatable bonds is 1. The molecule has 0 bridgehead atoms. The van der Waals surface area contributed by atoms with E-state index in [-0.39, 0.29) is 5.75 Å². The van der Waals surface area contributed by atoms with Crippen LogP contribution in [0.2, 0.25) is 0 Å². The number of hydrogen-bond donors (Lipinski definition) is 1. The average Bonchev–Trinajstić information content (AvgIpc) is 2.61. The summed E-state index contributed by atoms with van der Waals surface area (Å²) in [6.45, 7) is 1.77. The number of aromatic hydroxyl groups is 1. The van der Waals surface area contributed by atoms with Crippen LogP contribution in [0.25, 0.3) is 5.69 Å². The molecule has 1 heterocycles. The monoisotopic (exact) mass is 200 g/mol. The molecule has 74 valence electrons. The fourth-order valence-corrected chi connectivity index (χ4v) is 1.27. The van der Waals surface area contributed by atoms with E-state index in [2.05, 4.69) is 10.3 Å². The van der Waals surface area contributed by atoms with E-state index in [0.29, 0.717) is 11.4 Å². The van der Waals surface area contributed by atoms with Gasteiger partial charge in [0.05, 0.1) is 11.4 Å². The molecular weight excluding hydrogens is 192 g/mol. The number of aromatic nitrogens is 3. The van der Waals surface area contributed by atoms with Crippen LogP contribution in [0.1, 0.15) is 11.4 Å². The Kier molecular flexibility index (Phi) is 2.10. The lowest BCUT2D eigenvalue weighted by Crippen LogP contribution is -1.98. The summed E-state index contributed by atoms with van der Waals surface area (Å²) in [6, 6.07) is 8.48. The first-order valence-corrected chi connectivity index (χ1v) is 4.34. The molecule has 2 aromatic rings. The summed E-state index contributed by atoms with van der Waals surface area (Å²) >= 11 is 0. The third-order valence-corrected chi connectivity index (χ3v) is 2.09. The highest BCUT2D eigenvalue weighted by molar-refractivity contribution is 5.39. The van der Waals surface area contributed by atoms with Gasteiger partial charge < -0.3 is 5.11 Å². The van der Waals surface area contributed by atoms with Crippen molar-refractivity contribution >= 4 is 0 Å². The summed E-state index contributed by atoms with van der Waals surface area (Å²) in [4.78, 5) is 0. The quantitative estimate of drug-likeness (QED) is 0.749. The molecule has 1 aromatic heterocycles. The van der Waals surface area contributed by atoms with Crippen molar-refractivity contribution in [2.24, 2.45) is 0 Å². The van der Waals surface area contributed by atoms with Gasteiger partial charge in [-0.05, 0) is 31.2 Å². The Morgan fingerprint density at radius 3 is 2.53 bits per heavy atom. The van der Waals surface area contributed by atoms with Crippen molar-refractivity contribution < 1.29 is 5.11 Å². The summed E-state index contributed by atoms with van der Waals surface area (Å²) in [5, 5.41) is 25.4. The highest BCUT2D eigenvalue weighted by Crippen LogP contribution is 2.15. The number of nitriles is 1. The standard InChI is InChI=1S/C10H8N4O/c1-7-10(6-11)12-13-14(7)8-2-4-9(15)5-3-8/h2-5,15H,1H3. The Morgan fingerprint density at radius 1 is 1.33 bits per heavy atom. The molecule has 0 spiro atoms. The van der Waals surface area contributed by atoms with E-state index in [9.17, 15) is 0 Å². The third-order valence-electron chi connectivity index (χ3n) is 2.09. The van der Waals surface area contributed by atoms with Gasteiger partial charge in [0.1, 0.15) is 11.8 Å². The van der Waals surface area contributed by atoms with Crippen molar-refractivity contribution in [2.75, 3.05) is 0 Å². The number of hydrogen-bond acceptors (Lipinski definition) is 4. The molecule has 1 aromatic carbocycles. The van der Waals surface area contributed by atoms with Crippen molar-refractivity contribution in [3.63, 3.8) is 0 Å². The van der Waals surface area contributed by atoms with E-state index in [0.717, 1.165) is 5.69 Å². The van der Waals surface area contributed by atoms with Crippen LogP contribution in [0, 0.1) is 18.3 Å². The first-order valence-electron chi connectivity index (χ1n) is 4.34. The molecule has 5 nitrogen and oxygen atoms in total. The fraction of sp³-hybridized carbons (Fsp3) is 0.100. The fourth-order valence-electron chi connectivity index (χ4n) is 1.27. The van der Waals surface area contributed by atoms with Crippen LogP contribution >= 0.6 is 0 Å². The van der Waals surface area contributed by atoms with Gasteiger partial charge in [0.2, 0.25) is 0 Å². The van der Waals surface area contributed by atoms with Gasteiger partial charge in [-0.1, -0.05) is 5.21 Å². The molecule has 2 rings (SSSR count). The minimum atomic E-state index is 0.192. The predicted octanol–water partition coefficient (Wildman–Crippen LogP) is 1.15. The van der Waals surface area contributed by atoms with E-state index >= 15 is 0 Å². The Bertz CT molecular complexity index is 521. The number of benzene rings is 1. The zero-order valence-corrected chi connectivity index (χ0v) is 8.05. The molecule has 0 fully saturated rings. The molecule has 0 amide bonds. The number of phenolic OH excluding ortho intramolecular Hbond substituents is 1. The maximum atomic E-state index is 9.13. The van der Waals surface area contributed by atoms with Gasteiger partial charge in [-0.3, -0.25) is 0 Å². The van der Waals surface area contributed by atoms with E-state index in [4.69, 9.17) is 10.4 Å². The van der Waals surface area contributed by atoms with Crippen molar-refractivity contribution in [2.45, 2.75) is 6.92 Å². The van der Waals surface area contributed by atoms with Gasteiger partial charge >= 0.3 is 0 Å². The predicted molar refractivity (Wildman–Crippen MR) is 52.5 cm³/mol. The van der Waals surface area contributed by atoms with Crippen molar-refractivity contribution in [3.05, 3.63) is 35.7 Å². The van der Waals surface area contributed by atoms with Crippen LogP contribution in [0.15, 0.2) is 24.3 Å². The smallest absolute Gasteiger partial charge is 0.186 e. The third kappa shape index (κ3) is 1.53.